The van der Waals surface area contributed by atoms with Crippen LogP contribution < -0.4 is 0 Å². The van der Waals surface area contributed by atoms with Crippen molar-refractivity contribution in [2.75, 3.05) is 13.1 Å². The number of benzene rings is 1. The maximum Gasteiger partial charge on any atom is 0.416 e. The maximum absolute atomic E-state index is 12.6. The molecule has 1 heterocycles. The molecule has 0 bridgehead atoms. The number of piperidine rings is 1. The van der Waals surface area contributed by atoms with Crippen LogP contribution in [-0.4, -0.2) is 35.0 Å². The molecule has 2 atom stereocenters. The summed E-state index contributed by atoms with van der Waals surface area (Å²) >= 11 is 0. The van der Waals surface area contributed by atoms with Crippen LogP contribution in [0.15, 0.2) is 24.3 Å². The van der Waals surface area contributed by atoms with E-state index in [0.29, 0.717) is 32.4 Å². The fraction of sp³-hybridized carbons (Fsp3) is 0.529. The summed E-state index contributed by atoms with van der Waals surface area (Å²) < 4.78 is 37.7. The van der Waals surface area contributed by atoms with Gasteiger partial charge in [0.1, 0.15) is 0 Å². The van der Waals surface area contributed by atoms with E-state index in [4.69, 9.17) is 5.11 Å². The Hall–Kier alpha value is -2.05. The van der Waals surface area contributed by atoms with E-state index < -0.39 is 17.7 Å². The fourth-order valence-electron chi connectivity index (χ4n) is 3.34. The van der Waals surface area contributed by atoms with Crippen LogP contribution in [0.1, 0.15) is 36.3 Å². The van der Waals surface area contributed by atoms with Gasteiger partial charge in [-0.25, -0.2) is 0 Å². The van der Waals surface area contributed by atoms with Gasteiger partial charge in [-0.2, -0.15) is 13.2 Å². The van der Waals surface area contributed by atoms with Crippen molar-refractivity contribution in [3.63, 3.8) is 0 Å². The Labute approximate surface area is 137 Å². The largest absolute Gasteiger partial charge is 0.481 e. The average molecular weight is 341 g/mol. The minimum Gasteiger partial charge on any atom is -0.481 e. The van der Waals surface area contributed by atoms with E-state index in [1.807, 2.05) is 0 Å². The van der Waals surface area contributed by atoms with Crippen LogP contribution in [0.2, 0.25) is 0 Å². The SMILES string of the molecule is O=C(O)C1CCN(C(=O)[C@@H]2C[C@@H]2c2ccc(C(F)(F)F)cc2)CC1. The number of alkyl halides is 3. The normalized spacial score (nSPS) is 24.7. The lowest BCUT2D eigenvalue weighted by Crippen LogP contribution is -2.41. The topological polar surface area (TPSA) is 57.6 Å². The molecule has 2 fully saturated rings. The molecule has 1 aromatic rings. The minimum atomic E-state index is -4.36. The summed E-state index contributed by atoms with van der Waals surface area (Å²) in [5, 5.41) is 8.97. The molecule has 1 aliphatic heterocycles. The Morgan fingerprint density at radius 2 is 1.67 bits per heavy atom. The Morgan fingerprint density at radius 1 is 1.08 bits per heavy atom. The number of carbonyl (C=O) groups is 2. The molecule has 1 N–H and O–H groups in total. The number of nitrogens with zero attached hydrogens (tertiary/aromatic N) is 1. The summed E-state index contributed by atoms with van der Waals surface area (Å²) in [6.45, 7) is 0.873. The first-order chi connectivity index (χ1) is 11.3. The van der Waals surface area contributed by atoms with Gasteiger partial charge in [-0.05, 0) is 42.9 Å². The van der Waals surface area contributed by atoms with Gasteiger partial charge in [-0.15, -0.1) is 0 Å². The molecule has 0 aromatic heterocycles. The van der Waals surface area contributed by atoms with E-state index >= 15 is 0 Å². The van der Waals surface area contributed by atoms with E-state index in [-0.39, 0.29) is 23.7 Å². The van der Waals surface area contributed by atoms with E-state index in [9.17, 15) is 22.8 Å². The third-order valence-electron chi connectivity index (χ3n) is 4.93. The van der Waals surface area contributed by atoms with Gasteiger partial charge < -0.3 is 10.0 Å². The fourth-order valence-corrected chi connectivity index (χ4v) is 3.34. The van der Waals surface area contributed by atoms with Crippen molar-refractivity contribution in [3.05, 3.63) is 35.4 Å². The van der Waals surface area contributed by atoms with Crippen molar-refractivity contribution < 1.29 is 27.9 Å². The van der Waals surface area contributed by atoms with Crippen LogP contribution in [0, 0.1) is 11.8 Å². The maximum atomic E-state index is 12.6. The quantitative estimate of drug-likeness (QED) is 0.919. The molecule has 1 aliphatic carbocycles. The Bertz CT molecular complexity index is 633. The first kappa shape index (κ1) is 16.8. The van der Waals surface area contributed by atoms with E-state index in [0.717, 1.165) is 17.7 Å². The smallest absolute Gasteiger partial charge is 0.416 e. The number of hydrogen-bond acceptors (Lipinski definition) is 2. The van der Waals surface area contributed by atoms with Gasteiger partial charge in [0.15, 0.2) is 0 Å². The summed E-state index contributed by atoms with van der Waals surface area (Å²) in [6, 6.07) is 4.98. The lowest BCUT2D eigenvalue weighted by Gasteiger charge is -2.30. The standard InChI is InChI=1S/C17H18F3NO3/c18-17(19,20)12-3-1-10(2-4-12)13-9-14(13)15(22)21-7-5-11(6-8-21)16(23)24/h1-4,11,13-14H,5-9H2,(H,23,24)/t13-,14-/m1/s1. The van der Waals surface area contributed by atoms with Crippen molar-refractivity contribution in [1.82, 2.24) is 4.90 Å². The Balaban J connectivity index is 1.57. The molecule has 1 saturated heterocycles. The predicted octanol–water partition coefficient (Wildman–Crippen LogP) is 3.13. The molecule has 1 amide bonds. The molecule has 0 radical (unpaired) electrons. The van der Waals surface area contributed by atoms with Gasteiger partial charge in [0, 0.05) is 19.0 Å². The zero-order valence-electron chi connectivity index (χ0n) is 12.9. The third kappa shape index (κ3) is 3.39. The van der Waals surface area contributed by atoms with Crippen LogP contribution in [0.3, 0.4) is 0 Å². The summed E-state index contributed by atoms with van der Waals surface area (Å²) in [5.41, 5.74) is 0.0623. The van der Waals surface area contributed by atoms with Crippen molar-refractivity contribution in [3.8, 4) is 0 Å². The van der Waals surface area contributed by atoms with Crippen LogP contribution in [-0.2, 0) is 15.8 Å². The number of amides is 1. The summed E-state index contributed by atoms with van der Waals surface area (Å²) in [5.74, 6) is -1.45. The highest BCUT2D eigenvalue weighted by Gasteiger charge is 2.46. The van der Waals surface area contributed by atoms with Crippen LogP contribution in [0.25, 0.3) is 0 Å². The van der Waals surface area contributed by atoms with Gasteiger partial charge in [-0.3, -0.25) is 9.59 Å². The zero-order chi connectivity index (χ0) is 17.5. The molecule has 2 aliphatic rings. The monoisotopic (exact) mass is 341 g/mol. The van der Waals surface area contributed by atoms with Crippen molar-refractivity contribution in [2.45, 2.75) is 31.4 Å². The number of hydrogen-bond donors (Lipinski definition) is 1. The number of carboxylic acids is 1. The average Bonchev–Trinajstić information content (AvgIpc) is 3.34. The molecule has 7 heteroatoms. The molecule has 24 heavy (non-hydrogen) atoms. The third-order valence-corrected chi connectivity index (χ3v) is 4.93. The molecular formula is C17H18F3NO3. The van der Waals surface area contributed by atoms with Gasteiger partial charge in [0.05, 0.1) is 11.5 Å². The first-order valence-electron chi connectivity index (χ1n) is 7.96. The summed E-state index contributed by atoms with van der Waals surface area (Å²) in [6.07, 6.45) is -2.80. The first-order valence-corrected chi connectivity index (χ1v) is 7.96. The number of carboxylic acid groups (broad SMARTS) is 1. The van der Waals surface area contributed by atoms with Crippen LogP contribution >= 0.6 is 0 Å². The van der Waals surface area contributed by atoms with Crippen molar-refractivity contribution >= 4 is 11.9 Å². The molecule has 130 valence electrons. The summed E-state index contributed by atoms with van der Waals surface area (Å²) in [7, 11) is 0. The summed E-state index contributed by atoms with van der Waals surface area (Å²) in [4.78, 5) is 25.1. The van der Waals surface area contributed by atoms with Crippen molar-refractivity contribution in [2.24, 2.45) is 11.8 Å². The van der Waals surface area contributed by atoms with Crippen LogP contribution in [0.4, 0.5) is 13.2 Å². The van der Waals surface area contributed by atoms with E-state index in [1.54, 1.807) is 4.90 Å². The molecule has 0 unspecified atom stereocenters. The van der Waals surface area contributed by atoms with E-state index in [2.05, 4.69) is 0 Å². The number of rotatable bonds is 3. The molecule has 1 saturated carbocycles. The second kappa shape index (κ2) is 6.11. The van der Waals surface area contributed by atoms with Crippen molar-refractivity contribution in [1.29, 1.82) is 0 Å². The van der Waals surface area contributed by atoms with Gasteiger partial charge >= 0.3 is 12.1 Å². The Morgan fingerprint density at radius 3 is 2.17 bits per heavy atom. The van der Waals surface area contributed by atoms with Crippen LogP contribution in [0.5, 0.6) is 0 Å². The Kier molecular flexibility index (Phi) is 4.27. The molecule has 0 spiro atoms. The molecule has 1 aromatic carbocycles. The lowest BCUT2D eigenvalue weighted by molar-refractivity contribution is -0.146. The van der Waals surface area contributed by atoms with E-state index in [1.165, 1.54) is 12.1 Å². The number of carbonyl (C=O) groups excluding carboxylic acids is 1. The number of halogens is 3. The highest BCUT2D eigenvalue weighted by Crippen LogP contribution is 2.49. The molecule has 3 rings (SSSR count). The highest BCUT2D eigenvalue weighted by molar-refractivity contribution is 5.83. The van der Waals surface area contributed by atoms with Gasteiger partial charge in [-0.1, -0.05) is 12.1 Å². The predicted molar refractivity (Wildman–Crippen MR) is 79.2 cm³/mol. The highest BCUT2D eigenvalue weighted by atomic mass is 19.4. The molecule has 4 nitrogen and oxygen atoms in total. The van der Waals surface area contributed by atoms with Gasteiger partial charge in [0.25, 0.3) is 0 Å². The second-order valence-electron chi connectivity index (χ2n) is 6.51. The number of aliphatic carboxylic acids is 1. The lowest BCUT2D eigenvalue weighted by atomic mass is 9.96. The molecular weight excluding hydrogens is 323 g/mol. The number of likely N-dealkylation sites (tertiary alicyclic amines) is 1. The zero-order valence-corrected chi connectivity index (χ0v) is 12.9. The van der Waals surface area contributed by atoms with Gasteiger partial charge in [0.2, 0.25) is 5.91 Å². The second-order valence-corrected chi connectivity index (χ2v) is 6.51. The minimum absolute atomic E-state index is 0.0104.